The third-order valence-electron chi connectivity index (χ3n) is 0.722. The molecule has 0 bridgehead atoms. The second kappa shape index (κ2) is 2.87. The second-order valence-electron chi connectivity index (χ2n) is 3.55. The van der Waals surface area contributed by atoms with E-state index in [1.807, 2.05) is 0 Å². The summed E-state index contributed by atoms with van der Waals surface area (Å²) in [4.78, 5) is 0. The molecule has 0 aliphatic heterocycles. The molecule has 0 nitrogen and oxygen atoms in total. The van der Waals surface area contributed by atoms with Gasteiger partial charge in [-0.15, -0.1) is 0 Å². The van der Waals surface area contributed by atoms with E-state index in [9.17, 15) is 0 Å². The SMILES string of the molecule is CB(C)PC(C)(C)C. The molecule has 0 aromatic carbocycles. The normalized spacial score (nSPS) is 13.1. The van der Waals surface area contributed by atoms with Crippen molar-refractivity contribution in [2.45, 2.75) is 39.6 Å². The van der Waals surface area contributed by atoms with E-state index in [0.717, 1.165) is 14.9 Å². The highest BCUT2D eigenvalue weighted by atomic mass is 31.1. The largest absolute Gasteiger partial charge is 0.161 e. The minimum absolute atomic E-state index is 0.550. The van der Waals surface area contributed by atoms with Crippen LogP contribution < -0.4 is 0 Å². The van der Waals surface area contributed by atoms with Gasteiger partial charge < -0.3 is 0 Å². The quantitative estimate of drug-likeness (QED) is 0.378. The van der Waals surface area contributed by atoms with Gasteiger partial charge in [-0.2, -0.15) is 8.46 Å². The second-order valence-corrected chi connectivity index (χ2v) is 6.49. The number of hydrogen-bond acceptors (Lipinski definition) is 0. The van der Waals surface area contributed by atoms with Crippen molar-refractivity contribution in [3.8, 4) is 0 Å². The molecule has 1 unspecified atom stereocenters. The fraction of sp³-hybridized carbons (Fsp3) is 1.00. The highest BCUT2D eigenvalue weighted by Gasteiger charge is 2.12. The average molecular weight is 130 g/mol. The van der Waals surface area contributed by atoms with Gasteiger partial charge in [-0.25, -0.2) is 0 Å². The Hall–Kier alpha value is 0.495. The minimum Gasteiger partial charge on any atom is -0.150 e. The zero-order valence-corrected chi connectivity index (χ0v) is 7.58. The van der Waals surface area contributed by atoms with E-state index in [0.29, 0.717) is 5.16 Å². The Balaban J connectivity index is 3.39. The van der Waals surface area contributed by atoms with E-state index < -0.39 is 0 Å². The first-order valence-corrected chi connectivity index (χ1v) is 4.27. The van der Waals surface area contributed by atoms with E-state index in [4.69, 9.17) is 0 Å². The van der Waals surface area contributed by atoms with Gasteiger partial charge in [-0.1, -0.05) is 34.4 Å². The molecule has 0 saturated heterocycles. The summed E-state index contributed by atoms with van der Waals surface area (Å²) in [6, 6.07) is 0. The van der Waals surface area contributed by atoms with Gasteiger partial charge in [0.05, 0.1) is 0 Å². The van der Waals surface area contributed by atoms with Crippen molar-refractivity contribution in [2.75, 3.05) is 0 Å². The topological polar surface area (TPSA) is 0 Å². The maximum atomic E-state index is 2.30. The van der Waals surface area contributed by atoms with E-state index in [-0.39, 0.29) is 0 Å². The fourth-order valence-electron chi connectivity index (χ4n) is 0.866. The summed E-state index contributed by atoms with van der Waals surface area (Å²) in [7, 11) is 1.10. The van der Waals surface area contributed by atoms with E-state index in [1.54, 1.807) is 0 Å². The van der Waals surface area contributed by atoms with E-state index in [1.165, 1.54) is 0 Å². The van der Waals surface area contributed by atoms with Gasteiger partial charge in [0.25, 0.3) is 0 Å². The molecule has 0 radical (unpaired) electrons. The third-order valence-corrected chi connectivity index (χ3v) is 2.17. The summed E-state index contributed by atoms with van der Waals surface area (Å²) in [5, 5.41) is 0.550. The lowest BCUT2D eigenvalue weighted by atomic mass is 9.84. The minimum atomic E-state index is 0.550. The maximum Gasteiger partial charge on any atom is 0.161 e. The standard InChI is InChI=1S/C6H16BP/c1-6(2,3)8-7(4)5/h8H,1-5H3. The number of rotatable bonds is 1. The molecule has 0 fully saturated rings. The van der Waals surface area contributed by atoms with Crippen molar-refractivity contribution < 1.29 is 0 Å². The predicted octanol–water partition coefficient (Wildman–Crippen LogP) is 2.71. The molecule has 0 aliphatic rings. The predicted molar refractivity (Wildman–Crippen MR) is 45.6 cm³/mol. The van der Waals surface area contributed by atoms with Crippen molar-refractivity contribution in [3.05, 3.63) is 0 Å². The van der Waals surface area contributed by atoms with Crippen LogP contribution in [0, 0.1) is 0 Å². The van der Waals surface area contributed by atoms with Gasteiger partial charge in [0.15, 0.2) is 6.43 Å². The van der Waals surface area contributed by atoms with Crippen LogP contribution in [0.5, 0.6) is 0 Å². The van der Waals surface area contributed by atoms with Crippen molar-refractivity contribution in [1.29, 1.82) is 0 Å². The first kappa shape index (κ1) is 8.49. The highest BCUT2D eigenvalue weighted by Crippen LogP contribution is 2.32. The summed E-state index contributed by atoms with van der Waals surface area (Å²) in [5.41, 5.74) is 0. The molecule has 1 atom stereocenters. The van der Waals surface area contributed by atoms with Gasteiger partial charge in [0.1, 0.15) is 0 Å². The van der Waals surface area contributed by atoms with Crippen LogP contribution in [-0.2, 0) is 0 Å². The molecule has 0 heterocycles. The molecule has 8 heavy (non-hydrogen) atoms. The van der Waals surface area contributed by atoms with Crippen LogP contribution >= 0.6 is 8.46 Å². The lowest BCUT2D eigenvalue weighted by Gasteiger charge is -2.19. The monoisotopic (exact) mass is 130 g/mol. The molecule has 0 aromatic heterocycles. The van der Waals surface area contributed by atoms with E-state index >= 15 is 0 Å². The van der Waals surface area contributed by atoms with E-state index in [2.05, 4.69) is 34.4 Å². The van der Waals surface area contributed by atoms with Crippen molar-refractivity contribution in [2.24, 2.45) is 0 Å². The highest BCUT2D eigenvalue weighted by molar-refractivity contribution is 7.76. The molecular formula is C6H16BP. The maximum absolute atomic E-state index is 2.30. The van der Waals surface area contributed by atoms with Gasteiger partial charge in [-0.05, 0) is 5.16 Å². The van der Waals surface area contributed by atoms with Crippen LogP contribution in [0.15, 0.2) is 0 Å². The molecule has 0 amide bonds. The molecule has 0 saturated carbocycles. The Kier molecular flexibility index (Phi) is 3.05. The molecule has 0 aromatic rings. The summed E-state index contributed by atoms with van der Waals surface area (Å²) in [5.74, 6) is 0. The van der Waals surface area contributed by atoms with Gasteiger partial charge in [0.2, 0.25) is 0 Å². The molecule has 0 N–H and O–H groups in total. The molecule has 0 rings (SSSR count). The molecule has 48 valence electrons. The zero-order chi connectivity index (χ0) is 6.78. The average Bonchev–Trinajstić information content (AvgIpc) is 1.21. The van der Waals surface area contributed by atoms with Crippen molar-refractivity contribution in [3.63, 3.8) is 0 Å². The van der Waals surface area contributed by atoms with Crippen LogP contribution in [0.3, 0.4) is 0 Å². The molecule has 0 spiro atoms. The smallest absolute Gasteiger partial charge is 0.150 e. The summed E-state index contributed by atoms with van der Waals surface area (Å²) in [6.07, 6.45) is 0.870. The van der Waals surface area contributed by atoms with Crippen molar-refractivity contribution in [1.82, 2.24) is 0 Å². The van der Waals surface area contributed by atoms with Crippen molar-refractivity contribution >= 4 is 14.9 Å². The molecule has 0 aliphatic carbocycles. The Bertz CT molecular complexity index is 63.4. The number of hydrogen-bond donors (Lipinski definition) is 0. The van der Waals surface area contributed by atoms with Crippen LogP contribution in [0.2, 0.25) is 13.6 Å². The first-order chi connectivity index (χ1) is 3.42. The summed E-state index contributed by atoms with van der Waals surface area (Å²) < 4.78 is 0. The lowest BCUT2D eigenvalue weighted by Crippen LogP contribution is -2.10. The first-order valence-electron chi connectivity index (χ1n) is 3.19. The summed E-state index contributed by atoms with van der Waals surface area (Å²) in [6.45, 7) is 11.5. The Labute approximate surface area is 55.3 Å². The Morgan fingerprint density at radius 1 is 1.12 bits per heavy atom. The van der Waals surface area contributed by atoms with Gasteiger partial charge in [0, 0.05) is 0 Å². The van der Waals surface area contributed by atoms with Crippen LogP contribution in [0.4, 0.5) is 0 Å². The zero-order valence-electron chi connectivity index (χ0n) is 6.58. The van der Waals surface area contributed by atoms with Gasteiger partial charge >= 0.3 is 0 Å². The van der Waals surface area contributed by atoms with Crippen LogP contribution in [0.1, 0.15) is 20.8 Å². The van der Waals surface area contributed by atoms with Crippen LogP contribution in [0.25, 0.3) is 0 Å². The molecule has 2 heteroatoms. The van der Waals surface area contributed by atoms with Crippen LogP contribution in [-0.4, -0.2) is 11.6 Å². The lowest BCUT2D eigenvalue weighted by molar-refractivity contribution is 0.801. The van der Waals surface area contributed by atoms with Gasteiger partial charge in [-0.3, -0.25) is 0 Å². The Morgan fingerprint density at radius 3 is 1.50 bits per heavy atom. The summed E-state index contributed by atoms with van der Waals surface area (Å²) >= 11 is 0. The Morgan fingerprint density at radius 2 is 1.50 bits per heavy atom. The fourth-order valence-corrected chi connectivity index (χ4v) is 2.60. The molecular weight excluding hydrogens is 114 g/mol. The third kappa shape index (κ3) is 6.49.